The molecule has 2 N–H and O–H groups in total. The summed E-state index contributed by atoms with van der Waals surface area (Å²) in [5.41, 5.74) is -0.528. The van der Waals surface area contributed by atoms with Gasteiger partial charge in [-0.15, -0.1) is 0 Å². The van der Waals surface area contributed by atoms with E-state index in [9.17, 15) is 37.1 Å². The predicted octanol–water partition coefficient (Wildman–Crippen LogP) is 4.17. The molecule has 0 aromatic heterocycles. The van der Waals surface area contributed by atoms with Crippen LogP contribution in [0.3, 0.4) is 0 Å². The molecule has 1 aliphatic rings. The second-order valence-corrected chi connectivity index (χ2v) is 9.93. The molecular formula is C26H41F3N2O7. The van der Waals surface area contributed by atoms with Crippen LogP contribution in [0.5, 0.6) is 0 Å². The number of aliphatic carboxylic acids is 1. The number of likely N-dealkylation sites (tertiary alicyclic amines) is 1. The second kappa shape index (κ2) is 17.0. The zero-order valence-electron chi connectivity index (χ0n) is 22.9. The Morgan fingerprint density at radius 3 is 2.11 bits per heavy atom. The molecule has 0 aromatic carbocycles. The number of nitrogens with zero attached hydrogens (tertiary/aromatic N) is 1. The minimum Gasteiger partial charge on any atom is -0.481 e. The van der Waals surface area contributed by atoms with Crippen LogP contribution in [0.4, 0.5) is 13.2 Å². The van der Waals surface area contributed by atoms with E-state index in [0.29, 0.717) is 71.0 Å². The maximum absolute atomic E-state index is 12.5. The molecule has 0 saturated carbocycles. The highest BCUT2D eigenvalue weighted by molar-refractivity contribution is 5.83. The van der Waals surface area contributed by atoms with Crippen molar-refractivity contribution in [1.29, 1.82) is 0 Å². The molecule has 12 heteroatoms. The largest absolute Gasteiger partial charge is 0.481 e. The van der Waals surface area contributed by atoms with E-state index in [0.717, 1.165) is 6.42 Å². The van der Waals surface area contributed by atoms with E-state index in [1.54, 1.807) is 4.90 Å². The van der Waals surface area contributed by atoms with Gasteiger partial charge in [0.05, 0.1) is 19.4 Å². The van der Waals surface area contributed by atoms with Gasteiger partial charge in [-0.05, 0) is 38.5 Å². The van der Waals surface area contributed by atoms with E-state index >= 15 is 0 Å². The number of nitrogens with one attached hydrogen (secondary N) is 1. The van der Waals surface area contributed by atoms with Gasteiger partial charge in [0.15, 0.2) is 0 Å². The highest BCUT2D eigenvalue weighted by atomic mass is 19.4. The van der Waals surface area contributed by atoms with Crippen molar-refractivity contribution >= 4 is 29.5 Å². The molecule has 0 bridgehead atoms. The Morgan fingerprint density at radius 1 is 0.895 bits per heavy atom. The number of hydrogen-bond donors (Lipinski definition) is 2. The minimum atomic E-state index is -4.77. The Kier molecular flexibility index (Phi) is 14.1. The van der Waals surface area contributed by atoms with Gasteiger partial charge in [-0.1, -0.05) is 26.2 Å². The van der Waals surface area contributed by atoms with Gasteiger partial charge in [0, 0.05) is 45.7 Å². The number of piperidine rings is 1. The molecule has 0 aromatic rings. The first kappa shape index (κ1) is 31.6. The van der Waals surface area contributed by atoms with E-state index < -0.39 is 35.7 Å². The third kappa shape index (κ3) is 14.9. The number of carboxylic acids is 1. The number of ether oxygens (including phenoxy) is 1. The first-order valence-corrected chi connectivity index (χ1v) is 13.2. The summed E-state index contributed by atoms with van der Waals surface area (Å²) in [5.74, 6) is -3.50. The van der Waals surface area contributed by atoms with Gasteiger partial charge < -0.3 is 20.1 Å². The van der Waals surface area contributed by atoms with Gasteiger partial charge in [-0.2, -0.15) is 13.2 Å². The van der Waals surface area contributed by atoms with Crippen molar-refractivity contribution < 1.29 is 48.4 Å². The summed E-state index contributed by atoms with van der Waals surface area (Å²) >= 11 is 0. The number of rotatable bonds is 18. The summed E-state index contributed by atoms with van der Waals surface area (Å²) in [4.78, 5) is 59.2. The Balaban J connectivity index is 2.09. The van der Waals surface area contributed by atoms with Crippen LogP contribution >= 0.6 is 0 Å². The number of unbranched alkanes of at least 4 members (excludes halogenated alkanes) is 5. The molecule has 0 atom stereocenters. The second-order valence-electron chi connectivity index (χ2n) is 9.93. The van der Waals surface area contributed by atoms with Crippen LogP contribution in [0.15, 0.2) is 0 Å². The number of carbonyl (C=O) groups is 5. The first-order valence-electron chi connectivity index (χ1n) is 13.9. The van der Waals surface area contributed by atoms with Gasteiger partial charge >= 0.3 is 18.1 Å². The molecule has 1 aliphatic heterocycles. The number of Topliss-reactive ketones (excluding diaryl/α,β-unsaturated/α-hetero) is 1. The van der Waals surface area contributed by atoms with E-state index in [4.69, 9.17) is 11.2 Å². The van der Waals surface area contributed by atoms with E-state index in [-0.39, 0.29) is 51.0 Å². The molecular weight excluding hydrogens is 509 g/mol. The number of amides is 2. The summed E-state index contributed by atoms with van der Waals surface area (Å²) in [7, 11) is 0. The summed E-state index contributed by atoms with van der Waals surface area (Å²) in [5, 5.41) is 11.4. The monoisotopic (exact) mass is 552 g/mol. The smallest absolute Gasteiger partial charge is 0.449 e. The standard InChI is InChI=1S/C26H41F3N2O7/c1-25(19-38-24(37)13-12-23(35)36)14-17-31(18-15-25)22(34)11-7-4-8-16-30-21(33)10-6-3-2-5-9-20(32)26(27,28)29/h2-19H2,1H3,(H,30,33)(H,35,36)/i1T. The van der Waals surface area contributed by atoms with Crippen molar-refractivity contribution in [3.8, 4) is 0 Å². The number of halogens is 3. The Morgan fingerprint density at radius 2 is 1.50 bits per heavy atom. The van der Waals surface area contributed by atoms with Gasteiger partial charge in [0.2, 0.25) is 17.6 Å². The van der Waals surface area contributed by atoms with Crippen molar-refractivity contribution in [3.05, 3.63) is 0 Å². The van der Waals surface area contributed by atoms with Crippen molar-refractivity contribution in [1.82, 2.24) is 10.2 Å². The molecule has 2 amide bonds. The van der Waals surface area contributed by atoms with Gasteiger partial charge in [-0.25, -0.2) is 0 Å². The lowest BCUT2D eigenvalue weighted by molar-refractivity contribution is -0.171. The maximum Gasteiger partial charge on any atom is 0.449 e. The summed E-state index contributed by atoms with van der Waals surface area (Å²) in [6.45, 7) is 1.52. The average molecular weight is 553 g/mol. The minimum absolute atomic E-state index is 0.0213. The highest BCUT2D eigenvalue weighted by Gasteiger charge is 2.37. The summed E-state index contributed by atoms with van der Waals surface area (Å²) < 4.78 is 49.4. The van der Waals surface area contributed by atoms with Crippen molar-refractivity contribution in [2.75, 3.05) is 26.2 Å². The van der Waals surface area contributed by atoms with Crippen molar-refractivity contribution in [2.24, 2.45) is 5.41 Å². The third-order valence-corrected chi connectivity index (χ3v) is 6.52. The van der Waals surface area contributed by atoms with Gasteiger partial charge in [0.1, 0.15) is 0 Å². The number of carboxylic acid groups (broad SMARTS) is 1. The van der Waals surface area contributed by atoms with E-state index in [1.807, 2.05) is 0 Å². The van der Waals surface area contributed by atoms with Crippen molar-refractivity contribution in [3.63, 3.8) is 0 Å². The molecule has 218 valence electrons. The lowest BCUT2D eigenvalue weighted by Crippen LogP contribution is -2.44. The number of alkyl halides is 3. The van der Waals surface area contributed by atoms with Crippen LogP contribution in [-0.4, -0.2) is 72.0 Å². The quantitative estimate of drug-likeness (QED) is 0.193. The lowest BCUT2D eigenvalue weighted by atomic mass is 9.81. The SMILES string of the molecule is [3H]CC1(COC(=O)CCC(=O)O)CCN(C(=O)CCCCCNC(=O)CCCCCCC(=O)C(F)(F)F)CC1. The topological polar surface area (TPSA) is 130 Å². The first-order chi connectivity index (χ1) is 18.4. The van der Waals surface area contributed by atoms with E-state index in [2.05, 4.69) is 5.32 Å². The van der Waals surface area contributed by atoms with E-state index in [1.165, 1.54) is 0 Å². The molecule has 1 rings (SSSR count). The molecule has 0 spiro atoms. The van der Waals surface area contributed by atoms with Gasteiger partial charge in [0.25, 0.3) is 0 Å². The molecule has 1 heterocycles. The average Bonchev–Trinajstić information content (AvgIpc) is 2.89. The summed E-state index contributed by atoms with van der Waals surface area (Å²) in [6.07, 6.45) is -0.175. The number of carbonyl (C=O) groups excluding carboxylic acids is 4. The fraction of sp³-hybridized carbons (Fsp3) is 0.808. The Bertz CT molecular complexity index is 816. The van der Waals surface area contributed by atoms with Crippen LogP contribution in [0.25, 0.3) is 0 Å². The number of ketones is 1. The number of hydrogen-bond acceptors (Lipinski definition) is 6. The predicted molar refractivity (Wildman–Crippen MR) is 132 cm³/mol. The Labute approximate surface area is 223 Å². The number of esters is 1. The van der Waals surface area contributed by atoms with Crippen LogP contribution in [0.1, 0.15) is 98.2 Å². The normalized spacial score (nSPS) is 15.4. The maximum atomic E-state index is 12.5. The summed E-state index contributed by atoms with van der Waals surface area (Å²) in [6, 6.07) is 0. The zero-order valence-corrected chi connectivity index (χ0v) is 21.9. The molecule has 1 fully saturated rings. The zero-order chi connectivity index (χ0) is 29.3. The van der Waals surface area contributed by atoms with Crippen LogP contribution in [0, 0.1) is 5.41 Å². The fourth-order valence-electron chi connectivity index (χ4n) is 4.01. The van der Waals surface area contributed by atoms with Crippen molar-refractivity contribution in [2.45, 2.75) is 103 Å². The third-order valence-electron chi connectivity index (χ3n) is 6.52. The van der Waals surface area contributed by atoms with Crippen LogP contribution < -0.4 is 5.32 Å². The molecule has 9 nitrogen and oxygen atoms in total. The van der Waals surface area contributed by atoms with Crippen LogP contribution in [0.2, 0.25) is 0 Å². The Hall–Kier alpha value is -2.66. The molecule has 1 saturated heterocycles. The molecule has 0 radical (unpaired) electrons. The molecule has 0 unspecified atom stereocenters. The molecule has 0 aliphatic carbocycles. The highest BCUT2D eigenvalue weighted by Crippen LogP contribution is 2.31. The van der Waals surface area contributed by atoms with Gasteiger partial charge in [-0.3, -0.25) is 24.0 Å². The lowest BCUT2D eigenvalue weighted by Gasteiger charge is -2.39. The fourth-order valence-corrected chi connectivity index (χ4v) is 4.01. The van der Waals surface area contributed by atoms with Crippen LogP contribution in [-0.2, 0) is 28.7 Å². The molecule has 38 heavy (non-hydrogen) atoms.